The van der Waals surface area contributed by atoms with E-state index in [1.165, 1.54) is 7.11 Å². The van der Waals surface area contributed by atoms with E-state index in [1.807, 2.05) is 6.20 Å². The molecule has 0 aromatic carbocycles. The van der Waals surface area contributed by atoms with Crippen LogP contribution in [0.3, 0.4) is 0 Å². The minimum absolute atomic E-state index is 0.0178. The van der Waals surface area contributed by atoms with Crippen LogP contribution in [0.25, 0.3) is 0 Å². The molecule has 5 nitrogen and oxygen atoms in total. The molecule has 1 fully saturated rings. The average Bonchev–Trinajstić information content (AvgIpc) is 2.86. The van der Waals surface area contributed by atoms with Crippen molar-refractivity contribution < 1.29 is 9.53 Å². The normalized spacial score (nSPS) is 20.4. The first-order valence-corrected chi connectivity index (χ1v) is 6.10. The van der Waals surface area contributed by atoms with E-state index in [-0.39, 0.29) is 11.9 Å². The SMILES string of the molecule is CCn1ccnc1N1CCCC(C(=O)OC)C1. The number of piperidine rings is 1. The number of carbonyl (C=O) groups excluding carboxylic acids is 1. The Labute approximate surface area is 101 Å². The highest BCUT2D eigenvalue weighted by Gasteiger charge is 2.28. The monoisotopic (exact) mass is 237 g/mol. The van der Waals surface area contributed by atoms with Crippen molar-refractivity contribution in [2.45, 2.75) is 26.3 Å². The van der Waals surface area contributed by atoms with E-state index < -0.39 is 0 Å². The van der Waals surface area contributed by atoms with Crippen molar-refractivity contribution in [3.8, 4) is 0 Å². The largest absolute Gasteiger partial charge is 0.469 e. The van der Waals surface area contributed by atoms with Crippen LogP contribution in [0.5, 0.6) is 0 Å². The zero-order valence-corrected chi connectivity index (χ0v) is 10.4. The quantitative estimate of drug-likeness (QED) is 0.743. The van der Waals surface area contributed by atoms with Crippen LogP contribution in [0.4, 0.5) is 5.95 Å². The van der Waals surface area contributed by atoms with Gasteiger partial charge in [0.15, 0.2) is 0 Å². The Hall–Kier alpha value is -1.52. The molecule has 2 heterocycles. The Kier molecular flexibility index (Phi) is 3.66. The van der Waals surface area contributed by atoms with Gasteiger partial charge >= 0.3 is 5.97 Å². The van der Waals surface area contributed by atoms with Gasteiger partial charge in [0.25, 0.3) is 0 Å². The van der Waals surface area contributed by atoms with Crippen LogP contribution < -0.4 is 4.90 Å². The number of aromatic nitrogens is 2. The van der Waals surface area contributed by atoms with Crippen LogP contribution in [0.1, 0.15) is 19.8 Å². The molecule has 1 atom stereocenters. The third-order valence-corrected chi connectivity index (χ3v) is 3.27. The van der Waals surface area contributed by atoms with Gasteiger partial charge < -0.3 is 14.2 Å². The molecule has 1 saturated heterocycles. The third kappa shape index (κ3) is 2.43. The lowest BCUT2D eigenvalue weighted by molar-refractivity contribution is -0.145. The molecule has 0 amide bonds. The number of anilines is 1. The van der Waals surface area contributed by atoms with Crippen molar-refractivity contribution >= 4 is 11.9 Å². The van der Waals surface area contributed by atoms with Gasteiger partial charge in [0.1, 0.15) is 0 Å². The van der Waals surface area contributed by atoms with Gasteiger partial charge in [0, 0.05) is 32.0 Å². The summed E-state index contributed by atoms with van der Waals surface area (Å²) in [5, 5.41) is 0. The first-order valence-electron chi connectivity index (χ1n) is 6.10. The summed E-state index contributed by atoms with van der Waals surface area (Å²) in [7, 11) is 1.45. The number of imidazole rings is 1. The molecule has 0 saturated carbocycles. The fourth-order valence-electron chi connectivity index (χ4n) is 2.35. The molecule has 2 rings (SSSR count). The number of methoxy groups -OCH3 is 1. The van der Waals surface area contributed by atoms with Gasteiger partial charge in [0.2, 0.25) is 5.95 Å². The number of nitrogens with zero attached hydrogens (tertiary/aromatic N) is 3. The Morgan fingerprint density at radius 1 is 1.65 bits per heavy atom. The Morgan fingerprint density at radius 3 is 3.18 bits per heavy atom. The van der Waals surface area contributed by atoms with E-state index in [4.69, 9.17) is 4.74 Å². The average molecular weight is 237 g/mol. The smallest absolute Gasteiger partial charge is 0.310 e. The van der Waals surface area contributed by atoms with Crippen LogP contribution in [-0.4, -0.2) is 35.7 Å². The van der Waals surface area contributed by atoms with Crippen molar-refractivity contribution in [2.75, 3.05) is 25.1 Å². The second-order valence-electron chi connectivity index (χ2n) is 4.32. The van der Waals surface area contributed by atoms with Crippen LogP contribution in [0.15, 0.2) is 12.4 Å². The molecule has 0 radical (unpaired) electrons. The van der Waals surface area contributed by atoms with Crippen molar-refractivity contribution in [1.82, 2.24) is 9.55 Å². The van der Waals surface area contributed by atoms with Gasteiger partial charge in [-0.15, -0.1) is 0 Å². The second-order valence-corrected chi connectivity index (χ2v) is 4.32. The molecule has 1 aliphatic heterocycles. The van der Waals surface area contributed by atoms with E-state index in [0.29, 0.717) is 6.54 Å². The van der Waals surface area contributed by atoms with Crippen LogP contribution in [-0.2, 0) is 16.1 Å². The lowest BCUT2D eigenvalue weighted by Gasteiger charge is -2.32. The number of ether oxygens (including phenoxy) is 1. The molecule has 0 spiro atoms. The minimum atomic E-state index is -0.107. The molecule has 1 aromatic rings. The molecule has 17 heavy (non-hydrogen) atoms. The maximum atomic E-state index is 11.6. The summed E-state index contributed by atoms with van der Waals surface area (Å²) in [5.41, 5.74) is 0. The van der Waals surface area contributed by atoms with Crippen molar-refractivity contribution in [2.24, 2.45) is 5.92 Å². The third-order valence-electron chi connectivity index (χ3n) is 3.27. The summed E-state index contributed by atoms with van der Waals surface area (Å²) in [4.78, 5) is 18.1. The van der Waals surface area contributed by atoms with E-state index in [0.717, 1.165) is 31.9 Å². The molecule has 0 bridgehead atoms. The molecule has 1 unspecified atom stereocenters. The topological polar surface area (TPSA) is 47.4 Å². The minimum Gasteiger partial charge on any atom is -0.469 e. The number of aryl methyl sites for hydroxylation is 1. The van der Waals surface area contributed by atoms with Crippen molar-refractivity contribution in [3.05, 3.63) is 12.4 Å². The highest BCUT2D eigenvalue weighted by Crippen LogP contribution is 2.22. The highest BCUT2D eigenvalue weighted by atomic mass is 16.5. The Morgan fingerprint density at radius 2 is 2.47 bits per heavy atom. The van der Waals surface area contributed by atoms with E-state index in [1.54, 1.807) is 6.20 Å². The summed E-state index contributed by atoms with van der Waals surface area (Å²) in [6, 6.07) is 0. The Bertz CT molecular complexity index is 389. The predicted octanol–water partition coefficient (Wildman–Crippen LogP) is 1.29. The van der Waals surface area contributed by atoms with Crippen LogP contribution >= 0.6 is 0 Å². The zero-order valence-electron chi connectivity index (χ0n) is 10.4. The number of carbonyl (C=O) groups is 1. The Balaban J connectivity index is 2.09. The van der Waals surface area contributed by atoms with Crippen molar-refractivity contribution in [3.63, 3.8) is 0 Å². The fraction of sp³-hybridized carbons (Fsp3) is 0.667. The van der Waals surface area contributed by atoms with Crippen molar-refractivity contribution in [1.29, 1.82) is 0 Å². The van der Waals surface area contributed by atoms with E-state index in [9.17, 15) is 4.79 Å². The van der Waals surface area contributed by atoms with Gasteiger partial charge in [0.05, 0.1) is 13.0 Å². The molecular weight excluding hydrogens is 218 g/mol. The number of hydrogen-bond acceptors (Lipinski definition) is 4. The molecule has 1 aromatic heterocycles. The standard InChI is InChI=1S/C12H19N3O2/c1-3-14-8-6-13-12(14)15-7-4-5-10(9-15)11(16)17-2/h6,8,10H,3-5,7,9H2,1-2H3. The summed E-state index contributed by atoms with van der Waals surface area (Å²) in [6.45, 7) is 4.66. The van der Waals surface area contributed by atoms with E-state index >= 15 is 0 Å². The first kappa shape index (κ1) is 12.0. The second kappa shape index (κ2) is 5.21. The summed E-state index contributed by atoms with van der Waals surface area (Å²) >= 11 is 0. The predicted molar refractivity (Wildman–Crippen MR) is 64.9 cm³/mol. The van der Waals surface area contributed by atoms with Gasteiger partial charge in [-0.05, 0) is 19.8 Å². The molecule has 1 aliphatic rings. The highest BCUT2D eigenvalue weighted by molar-refractivity contribution is 5.73. The number of esters is 1. The maximum Gasteiger partial charge on any atom is 0.310 e. The molecule has 94 valence electrons. The van der Waals surface area contributed by atoms with Crippen LogP contribution in [0.2, 0.25) is 0 Å². The fourth-order valence-corrected chi connectivity index (χ4v) is 2.35. The number of hydrogen-bond donors (Lipinski definition) is 0. The lowest BCUT2D eigenvalue weighted by atomic mass is 9.98. The molecule has 0 aliphatic carbocycles. The number of rotatable bonds is 3. The van der Waals surface area contributed by atoms with Crippen LogP contribution in [0, 0.1) is 5.92 Å². The lowest BCUT2D eigenvalue weighted by Crippen LogP contribution is -2.40. The van der Waals surface area contributed by atoms with Gasteiger partial charge in [-0.3, -0.25) is 4.79 Å². The zero-order chi connectivity index (χ0) is 12.3. The molecule has 5 heteroatoms. The summed E-state index contributed by atoms with van der Waals surface area (Å²) in [6.07, 6.45) is 5.70. The summed E-state index contributed by atoms with van der Waals surface area (Å²) in [5.74, 6) is 0.834. The molecule has 0 N–H and O–H groups in total. The van der Waals surface area contributed by atoms with E-state index in [2.05, 4.69) is 21.4 Å². The maximum absolute atomic E-state index is 11.6. The first-order chi connectivity index (χ1) is 8.26. The molecular formula is C12H19N3O2. The summed E-state index contributed by atoms with van der Waals surface area (Å²) < 4.78 is 6.92. The van der Waals surface area contributed by atoms with Gasteiger partial charge in [-0.2, -0.15) is 0 Å². The van der Waals surface area contributed by atoms with Gasteiger partial charge in [-0.1, -0.05) is 0 Å². The van der Waals surface area contributed by atoms with Gasteiger partial charge in [-0.25, -0.2) is 4.98 Å².